The van der Waals surface area contributed by atoms with Crippen molar-refractivity contribution in [1.29, 1.82) is 0 Å². The van der Waals surface area contributed by atoms with Crippen LogP contribution >= 0.6 is 11.8 Å². The van der Waals surface area contributed by atoms with Crippen molar-refractivity contribution in [3.8, 4) is 5.75 Å². The van der Waals surface area contributed by atoms with Gasteiger partial charge in [-0.1, -0.05) is 12.1 Å². The summed E-state index contributed by atoms with van der Waals surface area (Å²) in [5.41, 5.74) is 0.842. The van der Waals surface area contributed by atoms with E-state index in [9.17, 15) is 9.59 Å². The fourth-order valence-electron chi connectivity index (χ4n) is 1.50. The Hall–Kier alpha value is -2.08. The van der Waals surface area contributed by atoms with Gasteiger partial charge >= 0.3 is 0 Å². The summed E-state index contributed by atoms with van der Waals surface area (Å²) in [5, 5.41) is 2.81. The van der Waals surface area contributed by atoms with E-state index < -0.39 is 0 Å². The number of amides is 2. The molecule has 1 aromatic rings. The molecule has 0 saturated heterocycles. The Morgan fingerprint density at radius 1 is 1.47 bits per heavy atom. The molecule has 6 heteroatoms. The van der Waals surface area contributed by atoms with Crippen LogP contribution in [0.5, 0.6) is 5.75 Å². The van der Waals surface area contributed by atoms with Gasteiger partial charge in [-0.15, -0.1) is 0 Å². The van der Waals surface area contributed by atoms with Crippen molar-refractivity contribution in [2.75, 3.05) is 7.11 Å². The molecular formula is C13H12N2O3S. The number of rotatable bonds is 2. The lowest BCUT2D eigenvalue weighted by molar-refractivity contribution is -0.117. The van der Waals surface area contributed by atoms with Crippen LogP contribution in [-0.4, -0.2) is 24.1 Å². The van der Waals surface area contributed by atoms with Crippen LogP contribution in [0.1, 0.15) is 12.5 Å². The Morgan fingerprint density at radius 2 is 2.26 bits per heavy atom. The molecule has 0 bridgehead atoms. The number of hydrogen-bond acceptors (Lipinski definition) is 4. The van der Waals surface area contributed by atoms with E-state index in [-0.39, 0.29) is 11.8 Å². The van der Waals surface area contributed by atoms with Crippen molar-refractivity contribution in [2.24, 2.45) is 4.99 Å². The zero-order valence-corrected chi connectivity index (χ0v) is 11.3. The molecule has 0 fully saturated rings. The fourth-order valence-corrected chi connectivity index (χ4v) is 2.36. The molecule has 19 heavy (non-hydrogen) atoms. The summed E-state index contributed by atoms with van der Waals surface area (Å²) in [6.45, 7) is 1.37. The van der Waals surface area contributed by atoms with Crippen LogP contribution in [0.4, 0.5) is 0 Å². The molecule has 2 amide bonds. The SMILES string of the molecule is COc1cccc(/C=C2\SC(NC(C)=O)=NC2=O)c1. The fraction of sp³-hybridized carbons (Fsp3) is 0.154. The van der Waals surface area contributed by atoms with Crippen molar-refractivity contribution in [3.63, 3.8) is 0 Å². The molecular weight excluding hydrogens is 264 g/mol. The maximum Gasteiger partial charge on any atom is 0.286 e. The Balaban J connectivity index is 2.17. The van der Waals surface area contributed by atoms with Gasteiger partial charge in [0.1, 0.15) is 5.75 Å². The highest BCUT2D eigenvalue weighted by Gasteiger charge is 2.22. The van der Waals surface area contributed by atoms with Crippen LogP contribution in [0, 0.1) is 0 Å². The second kappa shape index (κ2) is 5.71. The second-order valence-electron chi connectivity index (χ2n) is 3.79. The summed E-state index contributed by atoms with van der Waals surface area (Å²) < 4.78 is 5.11. The molecule has 1 heterocycles. The molecule has 2 rings (SSSR count). The number of nitrogens with one attached hydrogen (secondary N) is 1. The Morgan fingerprint density at radius 3 is 2.95 bits per heavy atom. The first-order valence-electron chi connectivity index (χ1n) is 5.52. The van der Waals surface area contributed by atoms with Crippen LogP contribution in [0.3, 0.4) is 0 Å². The summed E-state index contributed by atoms with van der Waals surface area (Å²) in [6.07, 6.45) is 1.72. The Bertz CT molecular complexity index is 593. The number of methoxy groups -OCH3 is 1. The van der Waals surface area contributed by atoms with E-state index in [1.165, 1.54) is 6.92 Å². The van der Waals surface area contributed by atoms with Crippen molar-refractivity contribution >= 4 is 34.8 Å². The molecule has 1 aliphatic heterocycles. The van der Waals surface area contributed by atoms with Crippen molar-refractivity contribution in [2.45, 2.75) is 6.92 Å². The standard InChI is InChI=1S/C13H12N2O3S/c1-8(16)14-13-15-12(17)11(19-13)7-9-4-3-5-10(6-9)18-2/h3-7H,1-2H3,(H,14,15,16,17)/b11-7-. The van der Waals surface area contributed by atoms with Gasteiger partial charge in [0.15, 0.2) is 5.17 Å². The average Bonchev–Trinajstić information content (AvgIpc) is 2.69. The van der Waals surface area contributed by atoms with Crippen molar-refractivity contribution in [1.82, 2.24) is 5.32 Å². The highest BCUT2D eigenvalue weighted by Crippen LogP contribution is 2.28. The molecule has 0 radical (unpaired) electrons. The lowest BCUT2D eigenvalue weighted by Gasteiger charge is -2.01. The van der Waals surface area contributed by atoms with E-state index in [0.29, 0.717) is 15.8 Å². The topological polar surface area (TPSA) is 67.8 Å². The number of carbonyl (C=O) groups is 2. The molecule has 0 aliphatic carbocycles. The predicted octanol–water partition coefficient (Wildman–Crippen LogP) is 1.80. The average molecular weight is 276 g/mol. The number of carbonyl (C=O) groups excluding carboxylic acids is 2. The van der Waals surface area contributed by atoms with Gasteiger partial charge in [-0.05, 0) is 35.5 Å². The molecule has 1 aromatic carbocycles. The lowest BCUT2D eigenvalue weighted by Crippen LogP contribution is -2.23. The van der Waals surface area contributed by atoms with Gasteiger partial charge < -0.3 is 10.1 Å². The second-order valence-corrected chi connectivity index (χ2v) is 4.82. The summed E-state index contributed by atoms with van der Waals surface area (Å²) in [6, 6.07) is 7.34. The van der Waals surface area contributed by atoms with E-state index in [1.807, 2.05) is 24.3 Å². The molecule has 0 aromatic heterocycles. The maximum absolute atomic E-state index is 11.7. The van der Waals surface area contributed by atoms with Gasteiger partial charge in [0, 0.05) is 6.92 Å². The van der Waals surface area contributed by atoms with Crippen LogP contribution in [-0.2, 0) is 9.59 Å². The van der Waals surface area contributed by atoms with Gasteiger partial charge in [0.05, 0.1) is 12.0 Å². The quantitative estimate of drug-likeness (QED) is 0.836. The third kappa shape index (κ3) is 3.45. The maximum atomic E-state index is 11.7. The van der Waals surface area contributed by atoms with Crippen LogP contribution in [0.15, 0.2) is 34.2 Å². The third-order valence-corrected chi connectivity index (χ3v) is 3.19. The molecule has 5 nitrogen and oxygen atoms in total. The van der Waals surface area contributed by atoms with Crippen LogP contribution in [0.2, 0.25) is 0 Å². The zero-order chi connectivity index (χ0) is 13.8. The van der Waals surface area contributed by atoms with Crippen LogP contribution < -0.4 is 10.1 Å². The summed E-state index contributed by atoms with van der Waals surface area (Å²) >= 11 is 1.14. The number of ether oxygens (including phenoxy) is 1. The Kier molecular flexibility index (Phi) is 4.01. The number of benzene rings is 1. The normalized spacial score (nSPS) is 16.4. The smallest absolute Gasteiger partial charge is 0.286 e. The van der Waals surface area contributed by atoms with E-state index >= 15 is 0 Å². The van der Waals surface area contributed by atoms with E-state index in [1.54, 1.807) is 13.2 Å². The Labute approximate surface area is 114 Å². The van der Waals surface area contributed by atoms with Gasteiger partial charge in [-0.2, -0.15) is 4.99 Å². The van der Waals surface area contributed by atoms with Gasteiger partial charge in [-0.25, -0.2) is 0 Å². The van der Waals surface area contributed by atoms with E-state index in [4.69, 9.17) is 4.74 Å². The highest BCUT2D eigenvalue weighted by atomic mass is 32.2. The minimum Gasteiger partial charge on any atom is -0.497 e. The number of aliphatic imine (C=N–C) groups is 1. The molecule has 1 N–H and O–H groups in total. The van der Waals surface area contributed by atoms with E-state index in [0.717, 1.165) is 17.3 Å². The minimum atomic E-state index is -0.350. The summed E-state index contributed by atoms with van der Waals surface area (Å²) in [4.78, 5) is 26.8. The first-order valence-corrected chi connectivity index (χ1v) is 6.34. The summed E-state index contributed by atoms with van der Waals surface area (Å²) in [5.74, 6) is 0.117. The third-order valence-electron chi connectivity index (χ3n) is 2.30. The highest BCUT2D eigenvalue weighted by molar-refractivity contribution is 8.18. The minimum absolute atomic E-state index is 0.248. The molecule has 0 saturated carbocycles. The van der Waals surface area contributed by atoms with Crippen LogP contribution in [0.25, 0.3) is 6.08 Å². The molecule has 0 atom stereocenters. The van der Waals surface area contributed by atoms with Gasteiger partial charge in [-0.3, -0.25) is 9.59 Å². The monoisotopic (exact) mass is 276 g/mol. The number of thioether (sulfide) groups is 1. The van der Waals surface area contributed by atoms with Gasteiger partial charge in [0.2, 0.25) is 5.91 Å². The molecule has 0 unspecified atom stereocenters. The first-order chi connectivity index (χ1) is 9.08. The number of amidine groups is 1. The first kappa shape index (κ1) is 13.4. The van der Waals surface area contributed by atoms with Gasteiger partial charge in [0.25, 0.3) is 5.91 Å². The lowest BCUT2D eigenvalue weighted by atomic mass is 10.2. The summed E-state index contributed by atoms with van der Waals surface area (Å²) in [7, 11) is 1.58. The molecule has 98 valence electrons. The molecule has 0 spiro atoms. The van der Waals surface area contributed by atoms with E-state index in [2.05, 4.69) is 10.3 Å². The largest absolute Gasteiger partial charge is 0.497 e. The number of hydrogen-bond donors (Lipinski definition) is 1. The predicted molar refractivity (Wildman–Crippen MR) is 74.8 cm³/mol. The zero-order valence-electron chi connectivity index (χ0n) is 10.5. The molecule has 1 aliphatic rings. The van der Waals surface area contributed by atoms with Crippen molar-refractivity contribution in [3.05, 3.63) is 34.7 Å². The number of nitrogens with zero attached hydrogens (tertiary/aromatic N) is 1. The van der Waals surface area contributed by atoms with Crippen molar-refractivity contribution < 1.29 is 14.3 Å².